The lowest BCUT2D eigenvalue weighted by atomic mass is 10.4. The van der Waals surface area contributed by atoms with Crippen molar-refractivity contribution in [2.45, 2.75) is 13.3 Å². The smallest absolute Gasteiger partial charge is 0.357 e. The minimum absolute atomic E-state index is 0.361. The number of nitrogens with zero attached hydrogens (tertiary/aromatic N) is 2. The molecule has 0 aliphatic carbocycles. The molecule has 1 rings (SSSR count). The highest BCUT2D eigenvalue weighted by molar-refractivity contribution is 7.13. The van der Waals surface area contributed by atoms with Gasteiger partial charge in [-0.3, -0.25) is 0 Å². The van der Waals surface area contributed by atoms with Crippen LogP contribution in [0, 0.1) is 0 Å². The van der Waals surface area contributed by atoms with E-state index in [0.717, 1.165) is 24.7 Å². The number of esters is 1. The number of carbonyl (C=O) groups excluding carboxylic acids is 1. The van der Waals surface area contributed by atoms with Crippen LogP contribution in [0.5, 0.6) is 0 Å². The third kappa shape index (κ3) is 4.32. The second-order valence-electron chi connectivity index (χ2n) is 3.50. The van der Waals surface area contributed by atoms with Crippen molar-refractivity contribution in [2.75, 3.05) is 38.8 Å². The maximum atomic E-state index is 11.4. The van der Waals surface area contributed by atoms with Crippen LogP contribution in [-0.4, -0.2) is 44.9 Å². The normalized spacial score (nSPS) is 10.3. The topological polar surface area (TPSA) is 51.7 Å². The van der Waals surface area contributed by atoms with Crippen molar-refractivity contribution in [3.05, 3.63) is 11.1 Å². The van der Waals surface area contributed by atoms with Gasteiger partial charge in [-0.15, -0.1) is 11.3 Å². The average molecular weight is 258 g/mol. The Hall–Kier alpha value is -1.14. The van der Waals surface area contributed by atoms with Crippen LogP contribution in [0.25, 0.3) is 0 Å². The Kier molecular flexibility index (Phi) is 5.93. The molecule has 0 unspecified atom stereocenters. The molecule has 0 N–H and O–H groups in total. The van der Waals surface area contributed by atoms with Crippen LogP contribution < -0.4 is 4.90 Å². The van der Waals surface area contributed by atoms with Crippen molar-refractivity contribution < 1.29 is 14.3 Å². The maximum Gasteiger partial charge on any atom is 0.357 e. The Labute approximate surface area is 105 Å². The Bertz CT molecular complexity index is 354. The van der Waals surface area contributed by atoms with Crippen LogP contribution in [0.2, 0.25) is 0 Å². The summed E-state index contributed by atoms with van der Waals surface area (Å²) in [5, 5.41) is 2.55. The van der Waals surface area contributed by atoms with Crippen LogP contribution in [0.15, 0.2) is 5.38 Å². The summed E-state index contributed by atoms with van der Waals surface area (Å²) in [4.78, 5) is 17.7. The first-order valence-electron chi connectivity index (χ1n) is 5.51. The summed E-state index contributed by atoms with van der Waals surface area (Å²) in [5.41, 5.74) is 0.380. The molecule has 0 saturated carbocycles. The monoisotopic (exact) mass is 258 g/mol. The minimum atomic E-state index is -0.361. The zero-order valence-corrected chi connectivity index (χ0v) is 11.2. The molecule has 0 amide bonds. The molecule has 0 fully saturated rings. The van der Waals surface area contributed by atoms with Crippen LogP contribution in [-0.2, 0) is 9.47 Å². The third-order valence-electron chi connectivity index (χ3n) is 2.15. The molecule has 96 valence electrons. The van der Waals surface area contributed by atoms with Crippen LogP contribution in [0.1, 0.15) is 23.8 Å². The fourth-order valence-corrected chi connectivity index (χ4v) is 2.07. The first kappa shape index (κ1) is 13.9. The number of rotatable bonds is 7. The van der Waals surface area contributed by atoms with Crippen LogP contribution in [0.3, 0.4) is 0 Å². The lowest BCUT2D eigenvalue weighted by Gasteiger charge is -2.14. The Morgan fingerprint density at radius 1 is 1.59 bits per heavy atom. The van der Waals surface area contributed by atoms with Crippen molar-refractivity contribution in [1.29, 1.82) is 0 Å². The van der Waals surface area contributed by atoms with Gasteiger partial charge >= 0.3 is 5.97 Å². The molecular weight excluding hydrogens is 240 g/mol. The van der Waals surface area contributed by atoms with Gasteiger partial charge in [-0.1, -0.05) is 0 Å². The van der Waals surface area contributed by atoms with E-state index in [-0.39, 0.29) is 5.97 Å². The molecule has 6 heteroatoms. The summed E-state index contributed by atoms with van der Waals surface area (Å²) in [6, 6.07) is 0. The highest BCUT2D eigenvalue weighted by atomic mass is 32.1. The Balaban J connectivity index is 2.51. The molecule has 1 aromatic rings. The number of hydrogen-bond acceptors (Lipinski definition) is 6. The Morgan fingerprint density at radius 2 is 2.35 bits per heavy atom. The summed E-state index contributed by atoms with van der Waals surface area (Å²) in [6.45, 7) is 3.72. The number of methoxy groups -OCH3 is 1. The van der Waals surface area contributed by atoms with Gasteiger partial charge in [0, 0.05) is 32.7 Å². The van der Waals surface area contributed by atoms with Crippen molar-refractivity contribution in [3.63, 3.8) is 0 Å². The van der Waals surface area contributed by atoms with Gasteiger partial charge in [0.05, 0.1) is 6.61 Å². The molecule has 0 aliphatic heterocycles. The second-order valence-corrected chi connectivity index (χ2v) is 4.34. The molecule has 0 bridgehead atoms. The number of anilines is 1. The van der Waals surface area contributed by atoms with Crippen molar-refractivity contribution in [2.24, 2.45) is 0 Å². The number of ether oxygens (including phenoxy) is 2. The van der Waals surface area contributed by atoms with Gasteiger partial charge in [0.2, 0.25) is 0 Å². The first-order chi connectivity index (χ1) is 8.19. The molecular formula is C11H18N2O3S. The van der Waals surface area contributed by atoms with E-state index in [1.165, 1.54) is 11.3 Å². The quantitative estimate of drug-likeness (QED) is 0.551. The number of carbonyl (C=O) groups is 1. The minimum Gasteiger partial charge on any atom is -0.461 e. The summed E-state index contributed by atoms with van der Waals surface area (Å²) in [7, 11) is 3.63. The summed E-state index contributed by atoms with van der Waals surface area (Å²) in [6.07, 6.45) is 0.932. The number of aromatic nitrogens is 1. The van der Waals surface area contributed by atoms with E-state index < -0.39 is 0 Å². The first-order valence-corrected chi connectivity index (χ1v) is 6.39. The standard InChI is InChI=1S/C11H18N2O3S/c1-4-16-10(14)9-8-17-11(12-9)13(2)6-5-7-15-3/h8H,4-7H2,1-3H3. The molecule has 1 heterocycles. The van der Waals surface area contributed by atoms with Gasteiger partial charge in [0.15, 0.2) is 10.8 Å². The SMILES string of the molecule is CCOC(=O)c1csc(N(C)CCCOC)n1. The van der Waals surface area contributed by atoms with E-state index >= 15 is 0 Å². The van der Waals surface area contributed by atoms with Gasteiger partial charge in [-0.2, -0.15) is 0 Å². The van der Waals surface area contributed by atoms with Gasteiger partial charge < -0.3 is 14.4 Å². The van der Waals surface area contributed by atoms with Gasteiger partial charge in [0.1, 0.15) is 0 Å². The van der Waals surface area contributed by atoms with Crippen molar-refractivity contribution in [1.82, 2.24) is 4.98 Å². The van der Waals surface area contributed by atoms with Gasteiger partial charge in [-0.25, -0.2) is 9.78 Å². The van der Waals surface area contributed by atoms with E-state index in [1.807, 2.05) is 11.9 Å². The average Bonchev–Trinajstić information content (AvgIpc) is 2.79. The molecule has 1 aromatic heterocycles. The third-order valence-corrected chi connectivity index (χ3v) is 3.10. The molecule has 5 nitrogen and oxygen atoms in total. The lowest BCUT2D eigenvalue weighted by Crippen LogP contribution is -2.19. The van der Waals surface area contributed by atoms with Gasteiger partial charge in [0.25, 0.3) is 0 Å². The summed E-state index contributed by atoms with van der Waals surface area (Å²) in [5.74, 6) is -0.361. The van der Waals surface area contributed by atoms with Crippen molar-refractivity contribution >= 4 is 22.4 Å². The molecule has 0 radical (unpaired) electrons. The maximum absolute atomic E-state index is 11.4. The predicted octanol–water partition coefficient (Wildman–Crippen LogP) is 1.79. The number of hydrogen-bond donors (Lipinski definition) is 0. The highest BCUT2D eigenvalue weighted by Gasteiger charge is 2.13. The molecule has 0 aliphatic rings. The highest BCUT2D eigenvalue weighted by Crippen LogP contribution is 2.19. The van der Waals surface area contributed by atoms with E-state index in [2.05, 4.69) is 4.98 Å². The number of thiazole rings is 1. The largest absolute Gasteiger partial charge is 0.461 e. The van der Waals surface area contributed by atoms with Crippen molar-refractivity contribution in [3.8, 4) is 0 Å². The Morgan fingerprint density at radius 3 is 3.00 bits per heavy atom. The fourth-order valence-electron chi connectivity index (χ4n) is 1.28. The van der Waals surface area contributed by atoms with E-state index in [0.29, 0.717) is 12.3 Å². The van der Waals surface area contributed by atoms with E-state index in [1.54, 1.807) is 19.4 Å². The second kappa shape index (κ2) is 7.24. The molecule has 17 heavy (non-hydrogen) atoms. The lowest BCUT2D eigenvalue weighted by molar-refractivity contribution is 0.0520. The van der Waals surface area contributed by atoms with Crippen LogP contribution >= 0.6 is 11.3 Å². The van der Waals surface area contributed by atoms with E-state index in [9.17, 15) is 4.79 Å². The van der Waals surface area contributed by atoms with Crippen LogP contribution in [0.4, 0.5) is 5.13 Å². The zero-order chi connectivity index (χ0) is 12.7. The summed E-state index contributed by atoms with van der Waals surface area (Å²) >= 11 is 1.44. The molecule has 0 atom stereocenters. The zero-order valence-electron chi connectivity index (χ0n) is 10.4. The molecule has 0 spiro atoms. The molecule has 0 aromatic carbocycles. The molecule has 0 saturated heterocycles. The van der Waals surface area contributed by atoms with Gasteiger partial charge in [-0.05, 0) is 13.3 Å². The predicted molar refractivity (Wildman–Crippen MR) is 67.8 cm³/mol. The summed E-state index contributed by atoms with van der Waals surface area (Å²) < 4.78 is 9.87. The van der Waals surface area contributed by atoms with E-state index in [4.69, 9.17) is 9.47 Å². The fraction of sp³-hybridized carbons (Fsp3) is 0.636.